The maximum absolute atomic E-state index is 12.8. The van der Waals surface area contributed by atoms with Crippen molar-refractivity contribution in [1.29, 1.82) is 0 Å². The van der Waals surface area contributed by atoms with Crippen molar-refractivity contribution < 1.29 is 14.3 Å². The van der Waals surface area contributed by atoms with E-state index in [9.17, 15) is 9.59 Å². The maximum atomic E-state index is 12.8. The van der Waals surface area contributed by atoms with E-state index in [0.29, 0.717) is 21.6 Å². The Morgan fingerprint density at radius 3 is 2.88 bits per heavy atom. The summed E-state index contributed by atoms with van der Waals surface area (Å²) >= 11 is 4.45. The number of ether oxygens (including phenoxy) is 1. The molecule has 1 atom stereocenters. The quantitative estimate of drug-likeness (QED) is 0.358. The van der Waals surface area contributed by atoms with E-state index < -0.39 is 0 Å². The molecule has 3 heterocycles. The van der Waals surface area contributed by atoms with Gasteiger partial charge in [-0.2, -0.15) is 0 Å². The number of nitrogens with zero attached hydrogens (tertiary/aromatic N) is 3. The van der Waals surface area contributed by atoms with Crippen molar-refractivity contribution in [3.63, 3.8) is 0 Å². The minimum absolute atomic E-state index is 0.157. The minimum atomic E-state index is -0.389. The van der Waals surface area contributed by atoms with Gasteiger partial charge in [-0.15, -0.1) is 32.9 Å². The smallest absolute Gasteiger partial charge is 0.341 e. The molecule has 1 unspecified atom stereocenters. The largest absolute Gasteiger partial charge is 0.465 e. The van der Waals surface area contributed by atoms with Gasteiger partial charge in [0, 0.05) is 10.9 Å². The van der Waals surface area contributed by atoms with Crippen molar-refractivity contribution >= 4 is 51.3 Å². The number of carbonyl (C=O) groups excluding carboxylic acids is 2. The second kappa shape index (κ2) is 9.76. The molecule has 1 N–H and O–H groups in total. The highest BCUT2D eigenvalue weighted by Crippen LogP contribution is 2.40. The van der Waals surface area contributed by atoms with Crippen molar-refractivity contribution in [3.8, 4) is 10.7 Å². The summed E-state index contributed by atoms with van der Waals surface area (Å²) in [6.45, 7) is 6.36. The zero-order valence-electron chi connectivity index (χ0n) is 18.5. The van der Waals surface area contributed by atoms with E-state index in [2.05, 4.69) is 40.9 Å². The second-order valence-electron chi connectivity index (χ2n) is 8.13. The third-order valence-electron chi connectivity index (χ3n) is 5.41. The molecule has 4 rings (SSSR count). The van der Waals surface area contributed by atoms with Crippen LogP contribution in [0.1, 0.15) is 54.0 Å². The topological polar surface area (TPSA) is 86.1 Å². The van der Waals surface area contributed by atoms with Crippen LogP contribution >= 0.6 is 34.4 Å². The van der Waals surface area contributed by atoms with Gasteiger partial charge in [0.15, 0.2) is 11.0 Å². The molecule has 0 fully saturated rings. The number of fused-ring (bicyclic) bond motifs is 1. The lowest BCUT2D eigenvalue weighted by atomic mass is 9.88. The van der Waals surface area contributed by atoms with Crippen LogP contribution in [0.3, 0.4) is 0 Å². The zero-order chi connectivity index (χ0) is 22.8. The number of methoxy groups -OCH3 is 1. The predicted molar refractivity (Wildman–Crippen MR) is 130 cm³/mol. The highest BCUT2D eigenvalue weighted by atomic mass is 32.2. The molecule has 10 heteroatoms. The average Bonchev–Trinajstić information content (AvgIpc) is 3.49. The molecule has 3 aromatic rings. The van der Waals surface area contributed by atoms with Gasteiger partial charge in [-0.05, 0) is 56.0 Å². The number of thioether (sulfide) groups is 1. The maximum Gasteiger partial charge on any atom is 0.341 e. The fourth-order valence-electron chi connectivity index (χ4n) is 3.86. The number of esters is 1. The Morgan fingerprint density at radius 2 is 2.19 bits per heavy atom. The minimum Gasteiger partial charge on any atom is -0.465 e. The van der Waals surface area contributed by atoms with Crippen LogP contribution in [0, 0.1) is 5.92 Å². The van der Waals surface area contributed by atoms with Crippen molar-refractivity contribution in [3.05, 3.63) is 33.5 Å². The van der Waals surface area contributed by atoms with Crippen LogP contribution in [0.4, 0.5) is 5.00 Å². The number of rotatable bonds is 7. The lowest BCUT2D eigenvalue weighted by Crippen LogP contribution is -2.17. The Morgan fingerprint density at radius 1 is 1.38 bits per heavy atom. The van der Waals surface area contributed by atoms with Gasteiger partial charge >= 0.3 is 5.97 Å². The molecule has 0 saturated carbocycles. The second-order valence-corrected chi connectivity index (χ2v) is 11.1. The average molecular weight is 491 g/mol. The monoisotopic (exact) mass is 490 g/mol. The first-order valence-electron chi connectivity index (χ1n) is 10.5. The fraction of sp³-hybridized carbons (Fsp3) is 0.455. The van der Waals surface area contributed by atoms with Gasteiger partial charge in [0.2, 0.25) is 5.91 Å². The lowest BCUT2D eigenvalue weighted by molar-refractivity contribution is -0.113. The molecule has 1 aliphatic rings. The number of nitrogens with one attached hydrogen (secondary N) is 1. The molecule has 0 radical (unpaired) electrons. The summed E-state index contributed by atoms with van der Waals surface area (Å²) in [4.78, 5) is 27.5. The van der Waals surface area contributed by atoms with Crippen molar-refractivity contribution in [2.75, 3.05) is 18.2 Å². The van der Waals surface area contributed by atoms with E-state index >= 15 is 0 Å². The van der Waals surface area contributed by atoms with Crippen LogP contribution < -0.4 is 5.32 Å². The summed E-state index contributed by atoms with van der Waals surface area (Å²) in [5.74, 6) is 0.995. The van der Waals surface area contributed by atoms with Crippen molar-refractivity contribution in [2.24, 2.45) is 5.92 Å². The Balaban J connectivity index is 1.50. The molecule has 1 aliphatic carbocycles. The number of aromatic nitrogens is 3. The summed E-state index contributed by atoms with van der Waals surface area (Å²) in [6, 6.07) is 4.16. The van der Waals surface area contributed by atoms with Crippen LogP contribution in [0.5, 0.6) is 0 Å². The van der Waals surface area contributed by atoms with Gasteiger partial charge in [0.25, 0.3) is 0 Å². The molecule has 7 nitrogen and oxygen atoms in total. The molecule has 0 saturated heterocycles. The highest BCUT2D eigenvalue weighted by molar-refractivity contribution is 7.99. The normalized spacial score (nSPS) is 15.6. The van der Waals surface area contributed by atoms with Gasteiger partial charge in [-0.25, -0.2) is 4.79 Å². The summed E-state index contributed by atoms with van der Waals surface area (Å²) in [7, 11) is 1.38. The van der Waals surface area contributed by atoms with Gasteiger partial charge in [0.1, 0.15) is 5.00 Å². The van der Waals surface area contributed by atoms with Crippen LogP contribution in [-0.2, 0) is 22.4 Å². The standard InChI is InChI=1S/C22H26N4O3S3/c1-12(2)26-19(15-6-5-9-30-15)24-25-22(26)31-11-17(27)23-20-18(21(28)29-4)14-8-7-13(3)10-16(14)32-20/h5-6,9,12-13H,7-8,10-11H2,1-4H3,(H,23,27). The molecule has 0 aromatic carbocycles. The lowest BCUT2D eigenvalue weighted by Gasteiger charge is -2.18. The van der Waals surface area contributed by atoms with Crippen LogP contribution in [0.15, 0.2) is 22.7 Å². The Hall–Kier alpha value is -2.17. The molecule has 170 valence electrons. The van der Waals surface area contributed by atoms with E-state index in [1.165, 1.54) is 35.1 Å². The Kier molecular flexibility index (Phi) is 7.02. The number of hydrogen-bond donors (Lipinski definition) is 1. The number of hydrogen-bond acceptors (Lipinski definition) is 8. The first kappa shape index (κ1) is 23.0. The third kappa shape index (κ3) is 4.62. The number of amides is 1. The molecular weight excluding hydrogens is 464 g/mol. The molecule has 0 aliphatic heterocycles. The molecule has 3 aromatic heterocycles. The van der Waals surface area contributed by atoms with Crippen LogP contribution in [0.25, 0.3) is 10.7 Å². The van der Waals surface area contributed by atoms with E-state index in [4.69, 9.17) is 4.74 Å². The molecule has 1 amide bonds. The SMILES string of the molecule is COC(=O)c1c(NC(=O)CSc2nnc(-c3cccs3)n2C(C)C)sc2c1CCC(C)C2. The molecule has 32 heavy (non-hydrogen) atoms. The fourth-order valence-corrected chi connectivity index (χ4v) is 6.85. The predicted octanol–water partition coefficient (Wildman–Crippen LogP) is 5.29. The summed E-state index contributed by atoms with van der Waals surface area (Å²) in [5.41, 5.74) is 1.55. The number of carbonyl (C=O) groups is 2. The van der Waals surface area contributed by atoms with Gasteiger partial charge in [-0.1, -0.05) is 24.8 Å². The summed E-state index contributed by atoms with van der Waals surface area (Å²) in [5, 5.41) is 14.9. The molecule has 0 bridgehead atoms. The molecule has 0 spiro atoms. The van der Waals surface area contributed by atoms with Crippen LogP contribution in [-0.4, -0.2) is 39.5 Å². The molecular formula is C22H26N4O3S3. The Bertz CT molecular complexity index is 1120. The first-order chi connectivity index (χ1) is 15.4. The summed E-state index contributed by atoms with van der Waals surface area (Å²) < 4.78 is 7.06. The van der Waals surface area contributed by atoms with E-state index in [1.54, 1.807) is 11.3 Å². The summed E-state index contributed by atoms with van der Waals surface area (Å²) in [6.07, 6.45) is 2.80. The van der Waals surface area contributed by atoms with Crippen LogP contribution in [0.2, 0.25) is 0 Å². The number of anilines is 1. The van der Waals surface area contributed by atoms with Gasteiger partial charge < -0.3 is 10.1 Å². The first-order valence-corrected chi connectivity index (χ1v) is 13.2. The van der Waals surface area contributed by atoms with E-state index in [0.717, 1.165) is 35.5 Å². The Labute approximate surface area is 199 Å². The van der Waals surface area contributed by atoms with Crippen molar-refractivity contribution in [1.82, 2.24) is 14.8 Å². The van der Waals surface area contributed by atoms with E-state index in [1.807, 2.05) is 17.5 Å². The van der Waals surface area contributed by atoms with E-state index in [-0.39, 0.29) is 23.7 Å². The third-order valence-corrected chi connectivity index (χ3v) is 8.39. The van der Waals surface area contributed by atoms with Gasteiger partial charge in [-0.3, -0.25) is 9.36 Å². The highest BCUT2D eigenvalue weighted by Gasteiger charge is 2.29. The van der Waals surface area contributed by atoms with Gasteiger partial charge in [0.05, 0.1) is 23.3 Å². The van der Waals surface area contributed by atoms with Crippen molar-refractivity contribution in [2.45, 2.75) is 51.2 Å². The zero-order valence-corrected chi connectivity index (χ0v) is 21.0. The number of thiophene rings is 2.